The molecule has 1 saturated heterocycles. The first kappa shape index (κ1) is 25.2. The number of aromatic nitrogens is 3. The number of piperazine rings is 1. The second kappa shape index (κ2) is 10.5. The number of aliphatic imine (C=N–C) groups is 1. The third-order valence-corrected chi connectivity index (χ3v) is 7.19. The average Bonchev–Trinajstić information content (AvgIpc) is 3.24. The Kier molecular flexibility index (Phi) is 7.16. The summed E-state index contributed by atoms with van der Waals surface area (Å²) >= 11 is 1.44. The first-order chi connectivity index (χ1) is 17.8. The van der Waals surface area contributed by atoms with Crippen LogP contribution in [-0.2, 0) is 6.18 Å². The Morgan fingerprint density at radius 3 is 2.41 bits per heavy atom. The predicted molar refractivity (Wildman–Crippen MR) is 140 cm³/mol. The predicted octanol–water partition coefficient (Wildman–Crippen LogP) is 5.09. The minimum absolute atomic E-state index is 0.275. The van der Waals surface area contributed by atoms with Crippen molar-refractivity contribution in [2.75, 3.05) is 50.0 Å². The van der Waals surface area contributed by atoms with Gasteiger partial charge in [0, 0.05) is 31.1 Å². The van der Waals surface area contributed by atoms with Crippen LogP contribution < -0.4 is 10.2 Å². The first-order valence-electron chi connectivity index (χ1n) is 11.9. The Hall–Kier alpha value is -3.44. The van der Waals surface area contributed by atoms with Gasteiger partial charge >= 0.3 is 6.18 Å². The van der Waals surface area contributed by atoms with Crippen LogP contribution in [0.1, 0.15) is 18.1 Å². The van der Waals surface area contributed by atoms with Gasteiger partial charge in [0.05, 0.1) is 12.1 Å². The minimum atomic E-state index is -4.40. The highest BCUT2D eigenvalue weighted by Gasteiger charge is 2.31. The molecule has 0 amide bonds. The number of rotatable bonds is 5. The van der Waals surface area contributed by atoms with Crippen LogP contribution in [0.5, 0.6) is 0 Å². The van der Waals surface area contributed by atoms with Crippen molar-refractivity contribution in [3.05, 3.63) is 71.3 Å². The summed E-state index contributed by atoms with van der Waals surface area (Å²) in [6.07, 6.45) is -4.40. The number of nitrogens with zero attached hydrogens (tertiary/aromatic N) is 6. The Morgan fingerprint density at radius 2 is 1.68 bits per heavy atom. The third-order valence-electron chi connectivity index (χ3n) is 6.31. The van der Waals surface area contributed by atoms with Crippen LogP contribution in [-0.4, -0.2) is 65.5 Å². The van der Waals surface area contributed by atoms with Gasteiger partial charge in [0.2, 0.25) is 11.9 Å². The van der Waals surface area contributed by atoms with E-state index in [2.05, 4.69) is 37.1 Å². The summed E-state index contributed by atoms with van der Waals surface area (Å²) in [4.78, 5) is 24.0. The standard InChI is InChI=1S/C26H26F3N7S/c1-17-21(18-7-6-8-19(15-18)26(27,28)29)16-30-22(17)31-23-32-24(36-13-11-35(2)12-14-36)34-25(33-23)37-20-9-4-3-5-10-20/h3-10,15H,11-14,16H2,1-2H3,(H,30,31,32,33,34). The van der Waals surface area contributed by atoms with E-state index in [0.29, 0.717) is 28.5 Å². The van der Waals surface area contributed by atoms with Crippen molar-refractivity contribution < 1.29 is 13.2 Å². The number of alkyl halides is 3. The maximum atomic E-state index is 13.2. The molecule has 1 N–H and O–H groups in total. The largest absolute Gasteiger partial charge is 0.416 e. The Bertz CT molecular complexity index is 1330. The van der Waals surface area contributed by atoms with Crippen LogP contribution in [0, 0.1) is 0 Å². The molecular weight excluding hydrogens is 499 g/mol. The molecule has 11 heteroatoms. The molecule has 0 saturated carbocycles. The highest BCUT2D eigenvalue weighted by atomic mass is 32.2. The molecule has 5 rings (SSSR count). The molecule has 3 aromatic rings. The summed E-state index contributed by atoms with van der Waals surface area (Å²) < 4.78 is 39.7. The summed E-state index contributed by atoms with van der Waals surface area (Å²) in [6, 6.07) is 15.2. The van der Waals surface area contributed by atoms with Crippen molar-refractivity contribution in [2.24, 2.45) is 4.99 Å². The van der Waals surface area contributed by atoms with E-state index >= 15 is 0 Å². The lowest BCUT2D eigenvalue weighted by Gasteiger charge is -2.32. The van der Waals surface area contributed by atoms with Gasteiger partial charge in [-0.3, -0.25) is 4.99 Å². The summed E-state index contributed by atoms with van der Waals surface area (Å²) in [5, 5.41) is 3.76. The van der Waals surface area contributed by atoms with Gasteiger partial charge in [-0.15, -0.1) is 0 Å². The number of hydrogen-bond donors (Lipinski definition) is 1. The Labute approximate surface area is 217 Å². The van der Waals surface area contributed by atoms with Crippen LogP contribution in [0.15, 0.2) is 75.2 Å². The van der Waals surface area contributed by atoms with Crippen LogP contribution in [0.2, 0.25) is 0 Å². The Balaban J connectivity index is 1.42. The summed E-state index contributed by atoms with van der Waals surface area (Å²) in [7, 11) is 2.09. The SMILES string of the molecule is CC1=C(c2cccc(C(F)(F)F)c2)CN=C1Nc1nc(Sc2ccccc2)nc(N2CCN(C)CC2)n1. The summed E-state index contributed by atoms with van der Waals surface area (Å²) in [5.74, 6) is 1.48. The van der Waals surface area contributed by atoms with Crippen LogP contribution in [0.4, 0.5) is 25.1 Å². The number of nitrogens with one attached hydrogen (secondary N) is 1. The van der Waals surface area contributed by atoms with Crippen molar-refractivity contribution in [1.29, 1.82) is 0 Å². The molecule has 2 aliphatic rings. The van der Waals surface area contributed by atoms with Gasteiger partial charge < -0.3 is 15.1 Å². The fourth-order valence-corrected chi connectivity index (χ4v) is 4.92. The molecule has 0 unspecified atom stereocenters. The number of halogens is 3. The van der Waals surface area contributed by atoms with E-state index in [1.54, 1.807) is 6.07 Å². The number of amidine groups is 1. The van der Waals surface area contributed by atoms with Crippen molar-refractivity contribution in [2.45, 2.75) is 23.2 Å². The van der Waals surface area contributed by atoms with Gasteiger partial charge in [0.1, 0.15) is 5.84 Å². The smallest absolute Gasteiger partial charge is 0.338 e. The lowest BCUT2D eigenvalue weighted by Crippen LogP contribution is -2.45. The van der Waals surface area contributed by atoms with Gasteiger partial charge in [-0.25, -0.2) is 0 Å². The summed E-state index contributed by atoms with van der Waals surface area (Å²) in [5.41, 5.74) is 1.32. The van der Waals surface area contributed by atoms with Gasteiger partial charge in [-0.05, 0) is 66.7 Å². The highest BCUT2D eigenvalue weighted by molar-refractivity contribution is 7.99. The molecular formula is C26H26F3N7S. The van der Waals surface area contributed by atoms with Crippen molar-refractivity contribution >= 4 is 35.1 Å². The lowest BCUT2D eigenvalue weighted by molar-refractivity contribution is -0.137. The molecule has 0 atom stereocenters. The van der Waals surface area contributed by atoms with E-state index in [-0.39, 0.29) is 6.54 Å². The zero-order valence-electron chi connectivity index (χ0n) is 20.5. The number of anilines is 2. The topological polar surface area (TPSA) is 69.5 Å². The molecule has 1 fully saturated rings. The minimum Gasteiger partial charge on any atom is -0.338 e. The number of likely N-dealkylation sites (N-methyl/N-ethyl adjacent to an activating group) is 1. The van der Waals surface area contributed by atoms with E-state index in [1.165, 1.54) is 23.9 Å². The number of benzene rings is 2. The molecule has 0 spiro atoms. The first-order valence-corrected chi connectivity index (χ1v) is 12.7. The fraction of sp³-hybridized carbons (Fsp3) is 0.308. The number of hydrogen-bond acceptors (Lipinski definition) is 8. The van der Waals surface area contributed by atoms with E-state index in [9.17, 15) is 13.2 Å². The molecule has 2 aromatic carbocycles. The monoisotopic (exact) mass is 525 g/mol. The summed E-state index contributed by atoms with van der Waals surface area (Å²) in [6.45, 7) is 5.53. The molecule has 3 heterocycles. The van der Waals surface area contributed by atoms with E-state index in [4.69, 9.17) is 4.98 Å². The second-order valence-corrected chi connectivity index (χ2v) is 9.96. The normalized spacial score (nSPS) is 16.8. The molecule has 0 aliphatic carbocycles. The van der Waals surface area contributed by atoms with E-state index in [0.717, 1.165) is 48.3 Å². The van der Waals surface area contributed by atoms with Crippen molar-refractivity contribution in [3.8, 4) is 0 Å². The van der Waals surface area contributed by atoms with Gasteiger partial charge in [0.15, 0.2) is 5.16 Å². The highest BCUT2D eigenvalue weighted by Crippen LogP contribution is 2.33. The van der Waals surface area contributed by atoms with Crippen molar-refractivity contribution in [1.82, 2.24) is 19.9 Å². The Morgan fingerprint density at radius 1 is 0.919 bits per heavy atom. The van der Waals surface area contributed by atoms with Gasteiger partial charge in [-0.2, -0.15) is 28.1 Å². The third kappa shape index (κ3) is 5.94. The maximum absolute atomic E-state index is 13.2. The van der Waals surface area contributed by atoms with Gasteiger partial charge in [0.25, 0.3) is 0 Å². The van der Waals surface area contributed by atoms with Gasteiger partial charge in [-0.1, -0.05) is 30.3 Å². The fourth-order valence-electron chi connectivity index (χ4n) is 4.16. The molecule has 1 aromatic heterocycles. The zero-order chi connectivity index (χ0) is 26.0. The molecule has 192 valence electrons. The van der Waals surface area contributed by atoms with Crippen molar-refractivity contribution in [3.63, 3.8) is 0 Å². The van der Waals surface area contributed by atoms with Crippen LogP contribution in [0.25, 0.3) is 5.57 Å². The average molecular weight is 526 g/mol. The molecule has 0 bridgehead atoms. The molecule has 7 nitrogen and oxygen atoms in total. The lowest BCUT2D eigenvalue weighted by atomic mass is 10.00. The molecule has 0 radical (unpaired) electrons. The quantitative estimate of drug-likeness (QED) is 0.498. The van der Waals surface area contributed by atoms with E-state index in [1.807, 2.05) is 37.3 Å². The molecule has 2 aliphatic heterocycles. The zero-order valence-corrected chi connectivity index (χ0v) is 21.3. The second-order valence-electron chi connectivity index (χ2n) is 8.92. The molecule has 37 heavy (non-hydrogen) atoms. The van der Waals surface area contributed by atoms with E-state index < -0.39 is 11.7 Å². The van der Waals surface area contributed by atoms with Crippen LogP contribution >= 0.6 is 11.8 Å². The van der Waals surface area contributed by atoms with Crippen LogP contribution in [0.3, 0.4) is 0 Å². The maximum Gasteiger partial charge on any atom is 0.416 e.